The van der Waals surface area contributed by atoms with E-state index >= 15 is 0 Å². The Morgan fingerprint density at radius 2 is 2.43 bits per heavy atom. The van der Waals surface area contributed by atoms with Crippen LogP contribution in [0.1, 0.15) is 23.6 Å². The van der Waals surface area contributed by atoms with Crippen LogP contribution < -0.4 is 5.73 Å². The molecule has 0 unspecified atom stereocenters. The molecule has 1 aromatic heterocycles. The highest BCUT2D eigenvalue weighted by Gasteiger charge is 2.21. The highest BCUT2D eigenvalue weighted by Crippen LogP contribution is 2.21. The van der Waals surface area contributed by atoms with Crippen molar-refractivity contribution in [3.05, 3.63) is 17.2 Å². The van der Waals surface area contributed by atoms with Crippen LogP contribution in [0, 0.1) is 6.92 Å². The lowest BCUT2D eigenvalue weighted by Crippen LogP contribution is -2.28. The van der Waals surface area contributed by atoms with Crippen molar-refractivity contribution in [2.45, 2.75) is 38.8 Å². The number of aliphatic hydroxyl groups is 1. The highest BCUT2D eigenvalue weighted by atomic mass is 16.3. The molecule has 0 radical (unpaired) electrons. The second-order valence-electron chi connectivity index (χ2n) is 3.93. The van der Waals surface area contributed by atoms with Gasteiger partial charge < -0.3 is 15.4 Å². The Morgan fingerprint density at radius 1 is 1.64 bits per heavy atom. The van der Waals surface area contributed by atoms with E-state index in [1.165, 1.54) is 5.69 Å². The lowest BCUT2D eigenvalue weighted by Gasteiger charge is -2.19. The average Bonchev–Trinajstić information content (AvgIpc) is 2.43. The molecule has 78 valence electrons. The summed E-state index contributed by atoms with van der Waals surface area (Å²) in [7, 11) is 0. The number of aliphatic hydroxyl groups excluding tert-OH is 1. The van der Waals surface area contributed by atoms with Crippen LogP contribution in [0.2, 0.25) is 0 Å². The molecule has 0 fully saturated rings. The molecular weight excluding hydrogens is 178 g/mol. The predicted molar refractivity (Wildman–Crippen MR) is 54.1 cm³/mol. The molecular formula is C10H17N3O. The van der Waals surface area contributed by atoms with Gasteiger partial charge in [0.05, 0.1) is 12.3 Å². The standard InChI is InChI=1S/C10H17N3O/c1-7-12-9-6-8(11)2-3-10(9)13(7)4-5-14/h8,14H,2-6,11H2,1H3/t8-/m1/s1. The Labute approximate surface area is 83.8 Å². The van der Waals surface area contributed by atoms with E-state index in [1.54, 1.807) is 0 Å². The third kappa shape index (κ3) is 1.55. The molecule has 4 heteroatoms. The number of aromatic nitrogens is 2. The Kier molecular flexibility index (Phi) is 2.56. The maximum Gasteiger partial charge on any atom is 0.106 e. The number of rotatable bonds is 2. The minimum atomic E-state index is 0.176. The zero-order chi connectivity index (χ0) is 10.1. The molecule has 1 aliphatic carbocycles. The van der Waals surface area contributed by atoms with E-state index in [9.17, 15) is 0 Å². The Bertz CT molecular complexity index is 332. The van der Waals surface area contributed by atoms with Crippen LogP contribution in [0.4, 0.5) is 0 Å². The van der Waals surface area contributed by atoms with Crippen molar-refractivity contribution in [2.75, 3.05) is 6.61 Å². The Balaban J connectivity index is 2.33. The zero-order valence-electron chi connectivity index (χ0n) is 8.53. The van der Waals surface area contributed by atoms with Crippen molar-refractivity contribution in [2.24, 2.45) is 5.73 Å². The maximum atomic E-state index is 8.94. The molecule has 2 rings (SSSR count). The first-order valence-corrected chi connectivity index (χ1v) is 5.13. The van der Waals surface area contributed by atoms with E-state index in [-0.39, 0.29) is 12.6 Å². The van der Waals surface area contributed by atoms with Crippen LogP contribution in [-0.2, 0) is 19.4 Å². The van der Waals surface area contributed by atoms with Gasteiger partial charge in [0, 0.05) is 24.7 Å². The summed E-state index contributed by atoms with van der Waals surface area (Å²) < 4.78 is 2.11. The fourth-order valence-corrected chi connectivity index (χ4v) is 2.18. The summed E-state index contributed by atoms with van der Waals surface area (Å²) in [6, 6.07) is 0.263. The number of aryl methyl sites for hydroxylation is 1. The quantitative estimate of drug-likeness (QED) is 0.698. The Hall–Kier alpha value is -0.870. The molecule has 0 spiro atoms. The van der Waals surface area contributed by atoms with Gasteiger partial charge >= 0.3 is 0 Å². The molecule has 0 aliphatic heterocycles. The second kappa shape index (κ2) is 3.71. The topological polar surface area (TPSA) is 64.1 Å². The van der Waals surface area contributed by atoms with Gasteiger partial charge in [-0.25, -0.2) is 4.98 Å². The van der Waals surface area contributed by atoms with Crippen LogP contribution in [0.5, 0.6) is 0 Å². The van der Waals surface area contributed by atoms with Gasteiger partial charge in [0.15, 0.2) is 0 Å². The van der Waals surface area contributed by atoms with Gasteiger partial charge in [-0.15, -0.1) is 0 Å². The van der Waals surface area contributed by atoms with Crippen molar-refractivity contribution in [3.8, 4) is 0 Å². The first-order chi connectivity index (χ1) is 6.72. The lowest BCUT2D eigenvalue weighted by molar-refractivity contribution is 0.272. The van der Waals surface area contributed by atoms with Gasteiger partial charge in [-0.1, -0.05) is 0 Å². The molecule has 1 aromatic rings. The molecule has 4 nitrogen and oxygen atoms in total. The van der Waals surface area contributed by atoms with Gasteiger partial charge in [-0.3, -0.25) is 0 Å². The fraction of sp³-hybridized carbons (Fsp3) is 0.700. The molecule has 1 atom stereocenters. The minimum Gasteiger partial charge on any atom is -0.395 e. The largest absolute Gasteiger partial charge is 0.395 e. The number of hydrogen-bond acceptors (Lipinski definition) is 3. The van der Waals surface area contributed by atoms with Gasteiger partial charge in [-0.2, -0.15) is 0 Å². The first-order valence-electron chi connectivity index (χ1n) is 5.13. The van der Waals surface area contributed by atoms with E-state index in [4.69, 9.17) is 10.8 Å². The van der Waals surface area contributed by atoms with E-state index in [0.29, 0.717) is 6.54 Å². The summed E-state index contributed by atoms with van der Waals surface area (Å²) in [5.74, 6) is 0.998. The third-order valence-electron chi connectivity index (χ3n) is 2.88. The SMILES string of the molecule is Cc1nc2c(n1CCO)CC[C@@H](N)C2. The monoisotopic (exact) mass is 195 g/mol. The van der Waals surface area contributed by atoms with Crippen LogP contribution in [0.15, 0.2) is 0 Å². The molecule has 0 saturated heterocycles. The molecule has 0 aromatic carbocycles. The number of hydrogen-bond donors (Lipinski definition) is 2. The third-order valence-corrected chi connectivity index (χ3v) is 2.88. The molecule has 14 heavy (non-hydrogen) atoms. The van der Waals surface area contributed by atoms with Crippen molar-refractivity contribution >= 4 is 0 Å². The second-order valence-corrected chi connectivity index (χ2v) is 3.93. The number of nitrogens with zero attached hydrogens (tertiary/aromatic N) is 2. The van der Waals surface area contributed by atoms with Crippen LogP contribution >= 0.6 is 0 Å². The van der Waals surface area contributed by atoms with E-state index in [0.717, 1.165) is 30.8 Å². The van der Waals surface area contributed by atoms with E-state index < -0.39 is 0 Å². The average molecular weight is 195 g/mol. The first kappa shape index (κ1) is 9.68. The number of imidazole rings is 1. The molecule has 1 heterocycles. The molecule has 0 bridgehead atoms. The smallest absolute Gasteiger partial charge is 0.106 e. The zero-order valence-corrected chi connectivity index (χ0v) is 8.53. The molecule has 0 saturated carbocycles. The van der Waals surface area contributed by atoms with Crippen LogP contribution in [-0.4, -0.2) is 27.3 Å². The van der Waals surface area contributed by atoms with Crippen molar-refractivity contribution < 1.29 is 5.11 Å². The van der Waals surface area contributed by atoms with E-state index in [2.05, 4.69) is 9.55 Å². The van der Waals surface area contributed by atoms with Crippen LogP contribution in [0.25, 0.3) is 0 Å². The summed E-state index contributed by atoms with van der Waals surface area (Å²) in [6.45, 7) is 2.82. The summed E-state index contributed by atoms with van der Waals surface area (Å²) in [4.78, 5) is 4.49. The highest BCUT2D eigenvalue weighted by molar-refractivity contribution is 5.21. The molecule has 0 amide bonds. The van der Waals surface area contributed by atoms with Crippen molar-refractivity contribution in [1.29, 1.82) is 0 Å². The van der Waals surface area contributed by atoms with E-state index in [1.807, 2.05) is 6.92 Å². The Morgan fingerprint density at radius 3 is 3.14 bits per heavy atom. The van der Waals surface area contributed by atoms with Gasteiger partial charge in [0.1, 0.15) is 5.82 Å². The number of nitrogens with two attached hydrogens (primary N) is 1. The summed E-state index contributed by atoms with van der Waals surface area (Å²) in [5, 5.41) is 8.94. The minimum absolute atomic E-state index is 0.176. The lowest BCUT2D eigenvalue weighted by atomic mass is 9.97. The van der Waals surface area contributed by atoms with Gasteiger partial charge in [0.2, 0.25) is 0 Å². The normalized spacial score (nSPS) is 20.9. The maximum absolute atomic E-state index is 8.94. The molecule has 3 N–H and O–H groups in total. The molecule has 1 aliphatic rings. The summed E-state index contributed by atoms with van der Waals surface area (Å²) in [5.41, 5.74) is 8.29. The van der Waals surface area contributed by atoms with Crippen molar-refractivity contribution in [1.82, 2.24) is 9.55 Å². The van der Waals surface area contributed by atoms with Crippen molar-refractivity contribution in [3.63, 3.8) is 0 Å². The van der Waals surface area contributed by atoms with Crippen LogP contribution in [0.3, 0.4) is 0 Å². The predicted octanol–water partition coefficient (Wildman–Crippen LogP) is -0.000180. The summed E-state index contributed by atoms with van der Waals surface area (Å²) in [6.07, 6.45) is 2.91. The fourth-order valence-electron chi connectivity index (χ4n) is 2.18. The van der Waals surface area contributed by atoms with Gasteiger partial charge in [0.25, 0.3) is 0 Å². The van der Waals surface area contributed by atoms with Gasteiger partial charge in [-0.05, 0) is 19.8 Å². The summed E-state index contributed by atoms with van der Waals surface area (Å²) >= 11 is 0. The number of fused-ring (bicyclic) bond motifs is 1.